The Balaban J connectivity index is 2.13. The first-order chi connectivity index (χ1) is 12.5. The Morgan fingerprint density at radius 3 is 2.67 bits per heavy atom. The van der Waals surface area contributed by atoms with Crippen LogP contribution in [0.1, 0.15) is 38.2 Å². The number of nitrogens with zero attached hydrogens (tertiary/aromatic N) is 6. The van der Waals surface area contributed by atoms with Crippen molar-refractivity contribution < 1.29 is 14.1 Å². The fourth-order valence-electron chi connectivity index (χ4n) is 2.34. The summed E-state index contributed by atoms with van der Waals surface area (Å²) < 4.78 is 12.9. The van der Waals surface area contributed by atoms with E-state index < -0.39 is 11.7 Å². The summed E-state index contributed by atoms with van der Waals surface area (Å²) in [6, 6.07) is 1.53. The van der Waals surface area contributed by atoms with E-state index in [-0.39, 0.29) is 17.6 Å². The molecule has 9 nitrogen and oxygen atoms in total. The number of anilines is 1. The molecule has 3 heterocycles. The smallest absolute Gasteiger partial charge is 0.416 e. The number of halogens is 2. The third-order valence-electron chi connectivity index (χ3n) is 3.40. The van der Waals surface area contributed by atoms with Crippen LogP contribution in [0.15, 0.2) is 15.1 Å². The van der Waals surface area contributed by atoms with E-state index in [9.17, 15) is 4.79 Å². The number of fused-ring (bicyclic) bond motifs is 1. The van der Waals surface area contributed by atoms with E-state index in [1.165, 1.54) is 15.5 Å². The van der Waals surface area contributed by atoms with Crippen LogP contribution in [0.4, 0.5) is 10.6 Å². The normalized spacial score (nSPS) is 11.8. The number of carbonyl (C=O) groups excluding carboxylic acids is 1. The quantitative estimate of drug-likeness (QED) is 0.546. The molecule has 0 aliphatic carbocycles. The Hall–Kier alpha value is -2.20. The lowest BCUT2D eigenvalue weighted by atomic mass is 10.2. The summed E-state index contributed by atoms with van der Waals surface area (Å²) >= 11 is 9.63. The number of amides is 1. The largest absolute Gasteiger partial charge is 0.443 e. The molecule has 3 rings (SSSR count). The molecule has 1 amide bonds. The van der Waals surface area contributed by atoms with Gasteiger partial charge in [-0.15, -0.1) is 0 Å². The Morgan fingerprint density at radius 1 is 1.37 bits per heavy atom. The fraction of sp³-hybridized carbons (Fsp3) is 0.438. The van der Waals surface area contributed by atoms with Gasteiger partial charge in [0, 0.05) is 6.07 Å². The maximum absolute atomic E-state index is 12.9. The second-order valence-electron chi connectivity index (χ2n) is 6.87. The van der Waals surface area contributed by atoms with Crippen LogP contribution in [0.3, 0.4) is 0 Å². The van der Waals surface area contributed by atoms with Crippen LogP contribution in [0, 0.1) is 13.8 Å². The summed E-state index contributed by atoms with van der Waals surface area (Å²) in [7, 11) is 0. The monoisotopic (exact) mass is 456 g/mol. The number of rotatable bonds is 3. The molecule has 0 unspecified atom stereocenters. The van der Waals surface area contributed by atoms with Gasteiger partial charge in [0.05, 0.1) is 10.2 Å². The molecule has 27 heavy (non-hydrogen) atoms. The molecule has 3 aromatic heterocycles. The lowest BCUT2D eigenvalue weighted by Gasteiger charge is -2.26. The molecule has 0 N–H and O–H groups in total. The van der Waals surface area contributed by atoms with Gasteiger partial charge in [-0.05, 0) is 50.5 Å². The molecule has 0 atom stereocenters. The van der Waals surface area contributed by atoms with Gasteiger partial charge in [-0.2, -0.15) is 14.6 Å². The number of carbonyl (C=O) groups is 1. The molecule has 11 heteroatoms. The van der Waals surface area contributed by atoms with Crippen LogP contribution >= 0.6 is 27.5 Å². The van der Waals surface area contributed by atoms with E-state index in [2.05, 4.69) is 36.2 Å². The van der Waals surface area contributed by atoms with Crippen molar-refractivity contribution in [3.05, 3.63) is 33.1 Å². The molecule has 3 aromatic rings. The van der Waals surface area contributed by atoms with Crippen LogP contribution in [-0.4, -0.2) is 36.4 Å². The van der Waals surface area contributed by atoms with Crippen LogP contribution in [0.25, 0.3) is 5.65 Å². The number of aryl methyl sites for hydroxylation is 2. The molecule has 0 radical (unpaired) electrons. The summed E-state index contributed by atoms with van der Waals surface area (Å²) in [5.41, 5.74) is 0.477. The summed E-state index contributed by atoms with van der Waals surface area (Å²) in [5, 5.41) is 8.40. The van der Waals surface area contributed by atoms with E-state index in [0.717, 1.165) is 0 Å². The maximum Gasteiger partial charge on any atom is 0.416 e. The molecule has 0 spiro atoms. The molecule has 144 valence electrons. The van der Waals surface area contributed by atoms with Crippen molar-refractivity contribution in [2.45, 2.75) is 46.8 Å². The predicted octanol–water partition coefficient (Wildman–Crippen LogP) is 4.09. The molecule has 0 bridgehead atoms. The average molecular weight is 458 g/mol. The van der Waals surface area contributed by atoms with Crippen molar-refractivity contribution >= 4 is 45.1 Å². The zero-order valence-electron chi connectivity index (χ0n) is 15.4. The third-order valence-corrected chi connectivity index (χ3v) is 4.52. The Bertz CT molecular complexity index is 1010. The zero-order valence-corrected chi connectivity index (χ0v) is 17.8. The van der Waals surface area contributed by atoms with Gasteiger partial charge in [-0.25, -0.2) is 9.78 Å². The minimum absolute atomic E-state index is 0.0122. The number of hydrogen-bond donors (Lipinski definition) is 0. The predicted molar refractivity (Wildman–Crippen MR) is 102 cm³/mol. The first-order valence-electron chi connectivity index (χ1n) is 8.06. The lowest BCUT2D eigenvalue weighted by Crippen LogP contribution is -2.37. The van der Waals surface area contributed by atoms with E-state index in [4.69, 9.17) is 20.9 Å². The van der Waals surface area contributed by atoms with Crippen molar-refractivity contribution in [3.63, 3.8) is 0 Å². The highest BCUT2D eigenvalue weighted by molar-refractivity contribution is 9.10. The topological polar surface area (TPSA) is 98.7 Å². The zero-order chi connectivity index (χ0) is 19.9. The first-order valence-corrected chi connectivity index (χ1v) is 9.23. The van der Waals surface area contributed by atoms with Crippen molar-refractivity contribution in [2.24, 2.45) is 0 Å². The molecule has 0 fully saturated rings. The van der Waals surface area contributed by atoms with E-state index >= 15 is 0 Å². The average Bonchev–Trinajstić information content (AvgIpc) is 3.07. The van der Waals surface area contributed by atoms with Gasteiger partial charge in [0.25, 0.3) is 0 Å². The van der Waals surface area contributed by atoms with Crippen LogP contribution in [-0.2, 0) is 11.3 Å². The molecular weight excluding hydrogens is 440 g/mol. The van der Waals surface area contributed by atoms with Crippen LogP contribution in [0.2, 0.25) is 5.15 Å². The van der Waals surface area contributed by atoms with E-state index in [0.29, 0.717) is 27.5 Å². The maximum atomic E-state index is 12.9. The summed E-state index contributed by atoms with van der Waals surface area (Å²) in [4.78, 5) is 22.7. The summed E-state index contributed by atoms with van der Waals surface area (Å²) in [5.74, 6) is 1.08. The summed E-state index contributed by atoms with van der Waals surface area (Å²) in [6.07, 6.45) is -0.605. The minimum Gasteiger partial charge on any atom is -0.443 e. The van der Waals surface area contributed by atoms with Crippen LogP contribution in [0.5, 0.6) is 0 Å². The molecule has 0 aliphatic heterocycles. The third kappa shape index (κ3) is 4.22. The molecule has 0 saturated heterocycles. The number of aromatic nitrogens is 5. The second-order valence-corrected chi connectivity index (χ2v) is 8.05. The first kappa shape index (κ1) is 19.6. The molecule has 0 aromatic carbocycles. The number of hydrogen-bond acceptors (Lipinski definition) is 7. The SMILES string of the molecule is Cc1noc(CN(C(=O)OC(C)(C)C)c2cc(Cl)nc3c(Br)c(C)nn23)n1. The van der Waals surface area contributed by atoms with Gasteiger partial charge in [0.1, 0.15) is 23.1 Å². The minimum atomic E-state index is -0.698. The van der Waals surface area contributed by atoms with Gasteiger partial charge in [-0.3, -0.25) is 4.90 Å². The van der Waals surface area contributed by atoms with Crippen molar-refractivity contribution in [2.75, 3.05) is 4.90 Å². The second kappa shape index (κ2) is 7.08. The van der Waals surface area contributed by atoms with Crippen LogP contribution < -0.4 is 4.90 Å². The lowest BCUT2D eigenvalue weighted by molar-refractivity contribution is 0.0571. The van der Waals surface area contributed by atoms with Gasteiger partial charge in [-0.1, -0.05) is 16.8 Å². The van der Waals surface area contributed by atoms with Gasteiger partial charge in [0.15, 0.2) is 11.5 Å². The summed E-state index contributed by atoms with van der Waals surface area (Å²) in [6.45, 7) is 8.84. The Labute approximate surface area is 168 Å². The highest BCUT2D eigenvalue weighted by Gasteiger charge is 2.28. The molecule has 0 saturated carbocycles. The van der Waals surface area contributed by atoms with Crippen molar-refractivity contribution in [1.29, 1.82) is 0 Å². The standard InChI is InChI=1S/C16H18BrClN6O3/c1-8-13(17)14-20-10(18)6-12(24(14)21-8)23(15(25)26-16(3,4)5)7-11-19-9(2)22-27-11/h6H,7H2,1-5H3. The van der Waals surface area contributed by atoms with Crippen molar-refractivity contribution in [1.82, 2.24) is 24.7 Å². The van der Waals surface area contributed by atoms with Crippen molar-refractivity contribution in [3.8, 4) is 0 Å². The van der Waals surface area contributed by atoms with Gasteiger partial charge in [0.2, 0.25) is 5.89 Å². The highest BCUT2D eigenvalue weighted by atomic mass is 79.9. The fourth-order valence-corrected chi connectivity index (χ4v) is 2.85. The molecule has 0 aliphatic rings. The highest BCUT2D eigenvalue weighted by Crippen LogP contribution is 2.29. The van der Waals surface area contributed by atoms with E-state index in [1.807, 2.05) is 6.92 Å². The molecular formula is C16H18BrClN6O3. The van der Waals surface area contributed by atoms with Gasteiger partial charge >= 0.3 is 6.09 Å². The van der Waals surface area contributed by atoms with E-state index in [1.54, 1.807) is 27.7 Å². The number of ether oxygens (including phenoxy) is 1. The Kier molecular flexibility index (Phi) is 5.13. The van der Waals surface area contributed by atoms with Gasteiger partial charge < -0.3 is 9.26 Å². The Morgan fingerprint density at radius 2 is 2.07 bits per heavy atom.